The van der Waals surface area contributed by atoms with E-state index in [0.29, 0.717) is 46.4 Å². The highest BCUT2D eigenvalue weighted by Gasteiger charge is 2.15. The molecule has 0 fully saturated rings. The molecule has 0 amide bonds. The molecule has 0 aliphatic carbocycles. The minimum atomic E-state index is 0.575. The van der Waals surface area contributed by atoms with Crippen molar-refractivity contribution in [1.82, 2.24) is 29.9 Å². The second-order valence-corrected chi connectivity index (χ2v) is 14.4. The molecule has 2 aromatic heterocycles. The molecule has 0 unspecified atom stereocenters. The van der Waals surface area contributed by atoms with E-state index in [-0.39, 0.29) is 0 Å². The van der Waals surface area contributed by atoms with Gasteiger partial charge in [-0.1, -0.05) is 170 Å². The maximum atomic E-state index is 6.32. The van der Waals surface area contributed by atoms with Gasteiger partial charge in [0, 0.05) is 33.4 Å². The van der Waals surface area contributed by atoms with Crippen LogP contribution in [-0.2, 0) is 0 Å². The van der Waals surface area contributed by atoms with Gasteiger partial charge in [0.25, 0.3) is 0 Å². The lowest BCUT2D eigenvalue weighted by atomic mass is 10.0. The standard InChI is InChI=1S/C54H36N6O/c1-5-13-37(14-6-1)39-21-25-43(26-22-39)51-55-49(41-17-9-3-10-18-41)57-53(59-51)45-29-33-47(34-30-45)61-48-35-31-46(32-36-48)54-58-50(42-19-11-4-12-20-42)56-52(60-54)44-27-23-40(24-28-44)38-15-7-2-8-16-38/h1-36H. The summed E-state index contributed by atoms with van der Waals surface area (Å²) < 4.78 is 6.32. The van der Waals surface area contributed by atoms with Gasteiger partial charge in [-0.2, -0.15) is 0 Å². The van der Waals surface area contributed by atoms with Crippen LogP contribution in [-0.4, -0.2) is 29.9 Å². The van der Waals surface area contributed by atoms with Gasteiger partial charge in [-0.3, -0.25) is 0 Å². The fourth-order valence-corrected chi connectivity index (χ4v) is 7.07. The molecule has 0 saturated heterocycles. The maximum Gasteiger partial charge on any atom is 0.164 e. The predicted octanol–water partition coefficient (Wildman–Crippen LogP) is 13.2. The van der Waals surface area contributed by atoms with E-state index in [1.54, 1.807) is 0 Å². The van der Waals surface area contributed by atoms with Gasteiger partial charge in [0.15, 0.2) is 34.9 Å². The Labute approximate surface area is 353 Å². The van der Waals surface area contributed by atoms with E-state index in [4.69, 9.17) is 34.6 Å². The second-order valence-electron chi connectivity index (χ2n) is 14.4. The fraction of sp³-hybridized carbons (Fsp3) is 0. The topological polar surface area (TPSA) is 86.6 Å². The van der Waals surface area contributed by atoms with E-state index >= 15 is 0 Å². The van der Waals surface area contributed by atoms with E-state index in [1.807, 2.05) is 146 Å². The summed E-state index contributed by atoms with van der Waals surface area (Å²) in [7, 11) is 0. The average molecular weight is 785 g/mol. The molecule has 0 aliphatic rings. The van der Waals surface area contributed by atoms with Crippen molar-refractivity contribution < 1.29 is 4.74 Å². The van der Waals surface area contributed by atoms with Crippen LogP contribution < -0.4 is 4.74 Å². The molecule has 0 aliphatic heterocycles. The molecule has 8 aromatic carbocycles. The van der Waals surface area contributed by atoms with Crippen LogP contribution in [0.4, 0.5) is 0 Å². The van der Waals surface area contributed by atoms with Crippen molar-refractivity contribution in [3.63, 3.8) is 0 Å². The number of ether oxygens (including phenoxy) is 1. The fourth-order valence-electron chi connectivity index (χ4n) is 7.07. The summed E-state index contributed by atoms with van der Waals surface area (Å²) in [6.45, 7) is 0. The lowest BCUT2D eigenvalue weighted by molar-refractivity contribution is 0.483. The molecule has 0 bridgehead atoms. The van der Waals surface area contributed by atoms with Gasteiger partial charge in [-0.05, 0) is 70.8 Å². The predicted molar refractivity (Wildman–Crippen MR) is 243 cm³/mol. The Morgan fingerprint density at radius 3 is 0.623 bits per heavy atom. The van der Waals surface area contributed by atoms with Crippen LogP contribution in [0.15, 0.2) is 218 Å². The highest BCUT2D eigenvalue weighted by atomic mass is 16.5. The van der Waals surface area contributed by atoms with Crippen LogP contribution in [0.2, 0.25) is 0 Å². The lowest BCUT2D eigenvalue weighted by Crippen LogP contribution is -2.00. The minimum Gasteiger partial charge on any atom is -0.457 e. The van der Waals surface area contributed by atoms with Gasteiger partial charge in [-0.25, -0.2) is 29.9 Å². The van der Waals surface area contributed by atoms with Crippen molar-refractivity contribution in [2.75, 3.05) is 0 Å². The van der Waals surface area contributed by atoms with Gasteiger partial charge in [0.05, 0.1) is 0 Å². The SMILES string of the molecule is c1ccc(-c2ccc(-c3nc(-c4ccccc4)nc(-c4ccc(Oc5ccc(-c6nc(-c7ccccc7)nc(-c7ccc(-c8ccccc8)cc7)n6)cc5)cc4)n3)cc2)cc1. The number of aromatic nitrogens is 6. The van der Waals surface area contributed by atoms with Gasteiger partial charge in [0.1, 0.15) is 11.5 Å². The van der Waals surface area contributed by atoms with Crippen LogP contribution in [0.1, 0.15) is 0 Å². The normalized spacial score (nSPS) is 11.0. The molecule has 7 heteroatoms. The number of rotatable bonds is 10. The minimum absolute atomic E-state index is 0.575. The molecular formula is C54H36N6O. The molecule has 0 N–H and O–H groups in total. The van der Waals surface area contributed by atoms with Crippen LogP contribution in [0.5, 0.6) is 11.5 Å². The Morgan fingerprint density at radius 1 is 0.180 bits per heavy atom. The first-order valence-electron chi connectivity index (χ1n) is 20.0. The third-order valence-electron chi connectivity index (χ3n) is 10.3. The van der Waals surface area contributed by atoms with Crippen LogP contribution in [0, 0.1) is 0 Å². The zero-order valence-electron chi connectivity index (χ0n) is 32.9. The van der Waals surface area contributed by atoms with Gasteiger partial charge in [-0.15, -0.1) is 0 Å². The molecule has 2 heterocycles. The van der Waals surface area contributed by atoms with Crippen molar-refractivity contribution in [2.45, 2.75) is 0 Å². The van der Waals surface area contributed by atoms with Crippen molar-refractivity contribution in [3.8, 4) is 102 Å². The Balaban J connectivity index is 0.905. The Hall–Kier alpha value is -8.42. The molecule has 10 rings (SSSR count). The van der Waals surface area contributed by atoms with E-state index in [1.165, 1.54) is 0 Å². The van der Waals surface area contributed by atoms with E-state index in [9.17, 15) is 0 Å². The van der Waals surface area contributed by atoms with E-state index < -0.39 is 0 Å². The van der Waals surface area contributed by atoms with E-state index in [2.05, 4.69) is 72.8 Å². The van der Waals surface area contributed by atoms with Gasteiger partial charge >= 0.3 is 0 Å². The first kappa shape index (κ1) is 36.9. The van der Waals surface area contributed by atoms with Crippen molar-refractivity contribution >= 4 is 0 Å². The number of hydrogen-bond acceptors (Lipinski definition) is 7. The van der Waals surface area contributed by atoms with Crippen LogP contribution in [0.25, 0.3) is 90.6 Å². The highest BCUT2D eigenvalue weighted by Crippen LogP contribution is 2.31. The summed E-state index contributed by atoms with van der Waals surface area (Å²) in [5, 5.41) is 0. The zero-order chi connectivity index (χ0) is 40.8. The highest BCUT2D eigenvalue weighted by molar-refractivity contribution is 5.72. The monoisotopic (exact) mass is 784 g/mol. The zero-order valence-corrected chi connectivity index (χ0v) is 32.9. The first-order chi connectivity index (χ1) is 30.2. The Morgan fingerprint density at radius 2 is 0.361 bits per heavy atom. The maximum absolute atomic E-state index is 6.32. The summed E-state index contributed by atoms with van der Waals surface area (Å²) in [5.41, 5.74) is 9.91. The van der Waals surface area contributed by atoms with Crippen molar-refractivity contribution in [2.24, 2.45) is 0 Å². The molecule has 10 aromatic rings. The molecule has 7 nitrogen and oxygen atoms in total. The molecule has 0 spiro atoms. The summed E-state index contributed by atoms with van der Waals surface area (Å²) in [5.74, 6) is 4.93. The van der Waals surface area contributed by atoms with Crippen molar-refractivity contribution in [1.29, 1.82) is 0 Å². The number of nitrogens with zero attached hydrogens (tertiary/aromatic N) is 6. The largest absolute Gasteiger partial charge is 0.457 e. The summed E-state index contributed by atoms with van der Waals surface area (Å²) in [6, 6.07) is 72.8. The van der Waals surface area contributed by atoms with Crippen LogP contribution >= 0.6 is 0 Å². The molecule has 0 saturated carbocycles. The second kappa shape index (κ2) is 16.8. The smallest absolute Gasteiger partial charge is 0.164 e. The Kier molecular flexibility index (Phi) is 10.2. The molecular weight excluding hydrogens is 749 g/mol. The summed E-state index contributed by atoms with van der Waals surface area (Å²) >= 11 is 0. The van der Waals surface area contributed by atoms with E-state index in [0.717, 1.165) is 55.6 Å². The van der Waals surface area contributed by atoms with Gasteiger partial charge in [0.2, 0.25) is 0 Å². The summed E-state index contributed by atoms with van der Waals surface area (Å²) in [6.07, 6.45) is 0. The molecule has 61 heavy (non-hydrogen) atoms. The van der Waals surface area contributed by atoms with Gasteiger partial charge < -0.3 is 4.74 Å². The quantitative estimate of drug-likeness (QED) is 0.136. The molecule has 0 radical (unpaired) electrons. The third-order valence-corrected chi connectivity index (χ3v) is 10.3. The lowest BCUT2D eigenvalue weighted by Gasteiger charge is -2.11. The molecule has 0 atom stereocenters. The molecule has 288 valence electrons. The number of benzene rings is 8. The van der Waals surface area contributed by atoms with Crippen molar-refractivity contribution in [3.05, 3.63) is 218 Å². The third kappa shape index (κ3) is 8.30. The summed E-state index contributed by atoms with van der Waals surface area (Å²) in [4.78, 5) is 29.5. The Bertz CT molecular complexity index is 2830. The van der Waals surface area contributed by atoms with Crippen LogP contribution in [0.3, 0.4) is 0 Å². The number of hydrogen-bond donors (Lipinski definition) is 0. The first-order valence-corrected chi connectivity index (χ1v) is 20.0. The average Bonchev–Trinajstić information content (AvgIpc) is 3.35.